The number of hydrogen-bond donors (Lipinski definition) is 0. The second kappa shape index (κ2) is 6.72. The van der Waals surface area contributed by atoms with Crippen LogP contribution in [0.15, 0.2) is 42.7 Å². The molecular formula is C17H21ClN4O. The van der Waals surface area contributed by atoms with E-state index >= 15 is 0 Å². The number of rotatable bonds is 3. The third-order valence-electron chi connectivity index (χ3n) is 4.38. The lowest BCUT2D eigenvalue weighted by Gasteiger charge is -2.41. The SMILES string of the molecule is CC(C(=O)N1CCN(C)CC1c1ccccc1)n1cc(Cl)cn1. The molecule has 2 heterocycles. The molecule has 1 saturated heterocycles. The van der Waals surface area contributed by atoms with Crippen LogP contribution in [-0.4, -0.2) is 52.2 Å². The number of hydrogen-bond acceptors (Lipinski definition) is 3. The lowest BCUT2D eigenvalue weighted by Crippen LogP contribution is -2.50. The molecule has 2 aromatic rings. The van der Waals surface area contributed by atoms with Crippen LogP contribution in [-0.2, 0) is 4.79 Å². The number of carbonyl (C=O) groups is 1. The molecule has 0 bridgehead atoms. The van der Waals surface area contributed by atoms with E-state index in [9.17, 15) is 4.79 Å². The second-order valence-electron chi connectivity index (χ2n) is 6.03. The predicted octanol–water partition coefficient (Wildman–Crippen LogP) is 2.61. The van der Waals surface area contributed by atoms with Crippen LogP contribution in [0.5, 0.6) is 0 Å². The largest absolute Gasteiger partial charge is 0.331 e. The zero-order chi connectivity index (χ0) is 16.4. The van der Waals surface area contributed by atoms with E-state index in [0.29, 0.717) is 11.6 Å². The fourth-order valence-corrected chi connectivity index (χ4v) is 3.17. The van der Waals surface area contributed by atoms with Gasteiger partial charge in [0.1, 0.15) is 6.04 Å². The summed E-state index contributed by atoms with van der Waals surface area (Å²) in [4.78, 5) is 17.2. The van der Waals surface area contributed by atoms with E-state index in [4.69, 9.17) is 11.6 Å². The van der Waals surface area contributed by atoms with E-state index in [1.54, 1.807) is 17.1 Å². The summed E-state index contributed by atoms with van der Waals surface area (Å²) in [6.07, 6.45) is 3.25. The van der Waals surface area contributed by atoms with Gasteiger partial charge in [-0.05, 0) is 19.5 Å². The van der Waals surface area contributed by atoms with E-state index in [1.165, 1.54) is 0 Å². The van der Waals surface area contributed by atoms with Crippen molar-refractivity contribution in [2.24, 2.45) is 0 Å². The predicted molar refractivity (Wildman–Crippen MR) is 90.3 cm³/mol. The van der Waals surface area contributed by atoms with Crippen LogP contribution in [0.25, 0.3) is 0 Å². The smallest absolute Gasteiger partial charge is 0.247 e. The first-order valence-electron chi connectivity index (χ1n) is 7.80. The molecular weight excluding hydrogens is 312 g/mol. The summed E-state index contributed by atoms with van der Waals surface area (Å²) in [5, 5.41) is 4.72. The molecule has 0 saturated carbocycles. The van der Waals surface area contributed by atoms with Gasteiger partial charge in [0, 0.05) is 25.8 Å². The molecule has 0 spiro atoms. The molecule has 2 unspecified atom stereocenters. The van der Waals surface area contributed by atoms with Gasteiger partial charge < -0.3 is 9.80 Å². The van der Waals surface area contributed by atoms with Gasteiger partial charge in [0.15, 0.2) is 0 Å². The summed E-state index contributed by atoms with van der Waals surface area (Å²) in [5.41, 5.74) is 1.16. The molecule has 1 amide bonds. The highest BCUT2D eigenvalue weighted by atomic mass is 35.5. The fraction of sp³-hybridized carbons (Fsp3) is 0.412. The minimum absolute atomic E-state index is 0.0657. The number of halogens is 1. The maximum absolute atomic E-state index is 13.0. The number of aromatic nitrogens is 2. The molecule has 1 fully saturated rings. The highest BCUT2D eigenvalue weighted by Gasteiger charge is 2.33. The van der Waals surface area contributed by atoms with E-state index in [2.05, 4.69) is 29.2 Å². The quantitative estimate of drug-likeness (QED) is 0.867. The minimum Gasteiger partial charge on any atom is -0.331 e. The molecule has 3 rings (SSSR count). The highest BCUT2D eigenvalue weighted by Crippen LogP contribution is 2.27. The molecule has 122 valence electrons. The summed E-state index contributed by atoms with van der Waals surface area (Å²) < 4.78 is 1.63. The number of amides is 1. The Balaban J connectivity index is 1.84. The molecule has 23 heavy (non-hydrogen) atoms. The average molecular weight is 333 g/mol. The van der Waals surface area contributed by atoms with Crippen molar-refractivity contribution in [2.45, 2.75) is 19.0 Å². The maximum atomic E-state index is 13.0. The van der Waals surface area contributed by atoms with Crippen LogP contribution in [0, 0.1) is 0 Å². The zero-order valence-electron chi connectivity index (χ0n) is 13.4. The Labute approximate surface area is 141 Å². The summed E-state index contributed by atoms with van der Waals surface area (Å²) in [6, 6.07) is 9.90. The number of benzene rings is 1. The van der Waals surface area contributed by atoms with Gasteiger partial charge in [-0.1, -0.05) is 41.9 Å². The summed E-state index contributed by atoms with van der Waals surface area (Å²) in [6.45, 7) is 4.30. The normalized spacial score (nSPS) is 20.5. The molecule has 1 aliphatic rings. The first-order chi connectivity index (χ1) is 11.1. The standard InChI is InChI=1S/C17H21ClN4O/c1-13(22-11-15(18)10-19-22)17(23)21-9-8-20(2)12-16(21)14-6-4-3-5-7-14/h3-7,10-11,13,16H,8-9,12H2,1-2H3. The van der Waals surface area contributed by atoms with Gasteiger partial charge in [-0.3, -0.25) is 9.48 Å². The van der Waals surface area contributed by atoms with E-state index < -0.39 is 0 Å². The van der Waals surface area contributed by atoms with Crippen LogP contribution in [0.3, 0.4) is 0 Å². The molecule has 1 aromatic heterocycles. The molecule has 1 aromatic carbocycles. The van der Waals surface area contributed by atoms with Gasteiger partial charge in [-0.25, -0.2) is 0 Å². The van der Waals surface area contributed by atoms with Crippen molar-refractivity contribution in [3.63, 3.8) is 0 Å². The van der Waals surface area contributed by atoms with Gasteiger partial charge >= 0.3 is 0 Å². The van der Waals surface area contributed by atoms with Crippen molar-refractivity contribution >= 4 is 17.5 Å². The Hall–Kier alpha value is -1.85. The van der Waals surface area contributed by atoms with Gasteiger partial charge in [0.25, 0.3) is 0 Å². The molecule has 2 atom stereocenters. The minimum atomic E-state index is -0.364. The number of carbonyl (C=O) groups excluding carboxylic acids is 1. The Bertz CT molecular complexity index is 672. The first kappa shape index (κ1) is 16.0. The highest BCUT2D eigenvalue weighted by molar-refractivity contribution is 6.30. The van der Waals surface area contributed by atoms with Crippen LogP contribution in [0.4, 0.5) is 0 Å². The molecule has 5 nitrogen and oxygen atoms in total. The lowest BCUT2D eigenvalue weighted by atomic mass is 10.0. The maximum Gasteiger partial charge on any atom is 0.247 e. The number of likely N-dealkylation sites (N-methyl/N-ethyl adjacent to an activating group) is 1. The number of nitrogens with zero attached hydrogens (tertiary/aromatic N) is 4. The molecule has 0 radical (unpaired) electrons. The second-order valence-corrected chi connectivity index (χ2v) is 6.47. The van der Waals surface area contributed by atoms with Crippen molar-refractivity contribution in [1.29, 1.82) is 0 Å². The van der Waals surface area contributed by atoms with Gasteiger partial charge in [-0.15, -0.1) is 0 Å². The van der Waals surface area contributed by atoms with Crippen molar-refractivity contribution in [2.75, 3.05) is 26.7 Å². The number of piperazine rings is 1. The zero-order valence-corrected chi connectivity index (χ0v) is 14.1. The third-order valence-corrected chi connectivity index (χ3v) is 4.57. The van der Waals surface area contributed by atoms with Crippen LogP contribution in [0.2, 0.25) is 5.02 Å². The van der Waals surface area contributed by atoms with E-state index in [-0.39, 0.29) is 18.0 Å². The average Bonchev–Trinajstić information content (AvgIpc) is 3.01. The van der Waals surface area contributed by atoms with Crippen molar-refractivity contribution in [3.8, 4) is 0 Å². The lowest BCUT2D eigenvalue weighted by molar-refractivity contribution is -0.139. The summed E-state index contributed by atoms with van der Waals surface area (Å²) in [7, 11) is 2.09. The molecule has 1 aliphatic heterocycles. The van der Waals surface area contributed by atoms with Crippen LogP contribution < -0.4 is 0 Å². The Kier molecular flexibility index (Phi) is 4.68. The molecule has 0 N–H and O–H groups in total. The van der Waals surface area contributed by atoms with Crippen molar-refractivity contribution in [3.05, 3.63) is 53.3 Å². The fourth-order valence-electron chi connectivity index (χ4n) is 3.02. The van der Waals surface area contributed by atoms with Crippen LogP contribution >= 0.6 is 11.6 Å². The summed E-state index contributed by atoms with van der Waals surface area (Å²) >= 11 is 5.92. The Morgan fingerprint density at radius 3 is 2.70 bits per heavy atom. The monoisotopic (exact) mass is 332 g/mol. The van der Waals surface area contributed by atoms with Crippen molar-refractivity contribution in [1.82, 2.24) is 19.6 Å². The topological polar surface area (TPSA) is 41.4 Å². The van der Waals surface area contributed by atoms with Crippen molar-refractivity contribution < 1.29 is 4.79 Å². The van der Waals surface area contributed by atoms with E-state index in [0.717, 1.165) is 18.7 Å². The first-order valence-corrected chi connectivity index (χ1v) is 8.17. The molecule has 6 heteroatoms. The Morgan fingerprint density at radius 2 is 2.04 bits per heavy atom. The molecule has 0 aliphatic carbocycles. The summed E-state index contributed by atoms with van der Waals surface area (Å²) in [5.74, 6) is 0.0757. The van der Waals surface area contributed by atoms with E-state index in [1.807, 2.05) is 30.0 Å². The van der Waals surface area contributed by atoms with Crippen LogP contribution in [0.1, 0.15) is 24.6 Å². The van der Waals surface area contributed by atoms with Gasteiger partial charge in [-0.2, -0.15) is 5.10 Å². The van der Waals surface area contributed by atoms with Gasteiger partial charge in [0.05, 0.1) is 17.3 Å². The van der Waals surface area contributed by atoms with Gasteiger partial charge in [0.2, 0.25) is 5.91 Å². The third kappa shape index (κ3) is 3.41. The Morgan fingerprint density at radius 1 is 1.30 bits per heavy atom.